The molecule has 2 aromatic carbocycles. The molecule has 0 saturated carbocycles. The van der Waals surface area contributed by atoms with Crippen molar-refractivity contribution >= 4 is 17.3 Å². The van der Waals surface area contributed by atoms with E-state index in [0.29, 0.717) is 55.9 Å². The van der Waals surface area contributed by atoms with Gasteiger partial charge in [-0.3, -0.25) is 10.2 Å². The number of Topliss-reactive ketones (excluding diaryl/α,β-unsaturated/α-hetero) is 1. The Bertz CT molecular complexity index is 1220. The van der Waals surface area contributed by atoms with Crippen LogP contribution < -0.4 is 24.4 Å². The molecular weight excluding hydrogens is 484 g/mol. The maximum absolute atomic E-state index is 13.7. The number of rotatable bonds is 5. The van der Waals surface area contributed by atoms with Gasteiger partial charge in [-0.1, -0.05) is 20.8 Å². The molecule has 0 amide bonds. The van der Waals surface area contributed by atoms with E-state index in [1.165, 1.54) is 0 Å². The maximum atomic E-state index is 13.7. The first-order chi connectivity index (χ1) is 18.3. The summed E-state index contributed by atoms with van der Waals surface area (Å²) in [5.74, 6) is 2.44. The van der Waals surface area contributed by atoms with Crippen LogP contribution in [0.1, 0.15) is 47.8 Å². The van der Waals surface area contributed by atoms with Gasteiger partial charge in [0.2, 0.25) is 0 Å². The Kier molecular flexibility index (Phi) is 7.49. The topological polar surface area (TPSA) is 96.4 Å². The number of nitrogens with one attached hydrogen (secondary N) is 2. The summed E-state index contributed by atoms with van der Waals surface area (Å²) >= 11 is 0. The molecule has 0 bridgehead atoms. The lowest BCUT2D eigenvalue weighted by molar-refractivity contribution is 0.0962. The number of ether oxygens (including phenoxy) is 4. The van der Waals surface area contributed by atoms with Crippen LogP contribution >= 0.6 is 0 Å². The summed E-state index contributed by atoms with van der Waals surface area (Å²) in [6, 6.07) is 7.74. The zero-order valence-corrected chi connectivity index (χ0v) is 22.8. The minimum absolute atomic E-state index is 0.0290. The smallest absolute Gasteiger partial charge is 0.182 e. The van der Waals surface area contributed by atoms with E-state index in [9.17, 15) is 4.79 Å². The number of ketones is 1. The molecule has 3 aliphatic heterocycles. The van der Waals surface area contributed by atoms with Crippen molar-refractivity contribution in [2.45, 2.75) is 32.7 Å². The molecule has 0 radical (unpaired) electrons. The van der Waals surface area contributed by atoms with Gasteiger partial charge in [0.05, 0.1) is 32.6 Å². The fourth-order valence-corrected chi connectivity index (χ4v) is 5.21. The Hall–Kier alpha value is -3.30. The Labute approximate surface area is 224 Å². The summed E-state index contributed by atoms with van der Waals surface area (Å²) in [6.45, 7) is 12.3. The number of amidine groups is 1. The van der Waals surface area contributed by atoms with Gasteiger partial charge in [0.15, 0.2) is 17.3 Å². The number of carbonyl (C=O) groups is 1. The molecule has 1 saturated heterocycles. The summed E-state index contributed by atoms with van der Waals surface area (Å²) in [6.07, 6.45) is 0. The second-order valence-electron chi connectivity index (χ2n) is 11.0. The van der Waals surface area contributed by atoms with Gasteiger partial charge in [0.25, 0.3) is 0 Å². The third-order valence-corrected chi connectivity index (χ3v) is 7.26. The second-order valence-corrected chi connectivity index (χ2v) is 11.0. The molecule has 1 fully saturated rings. The third-order valence-electron chi connectivity index (χ3n) is 7.26. The van der Waals surface area contributed by atoms with Crippen molar-refractivity contribution in [1.29, 1.82) is 5.41 Å². The average molecular weight is 523 g/mol. The van der Waals surface area contributed by atoms with Gasteiger partial charge in [-0.05, 0) is 35.2 Å². The van der Waals surface area contributed by atoms with Crippen LogP contribution in [-0.2, 0) is 16.7 Å². The largest absolute Gasteiger partial charge is 0.494 e. The first-order valence-electron chi connectivity index (χ1n) is 13.3. The third kappa shape index (κ3) is 5.31. The van der Waals surface area contributed by atoms with Crippen molar-refractivity contribution in [2.24, 2.45) is 0 Å². The van der Waals surface area contributed by atoms with Crippen molar-refractivity contribution in [3.63, 3.8) is 0 Å². The van der Waals surface area contributed by atoms with Crippen LogP contribution in [0.25, 0.3) is 0 Å². The first kappa shape index (κ1) is 26.3. The van der Waals surface area contributed by atoms with Crippen molar-refractivity contribution < 1.29 is 23.7 Å². The van der Waals surface area contributed by atoms with Crippen LogP contribution in [0.4, 0.5) is 5.69 Å². The molecule has 0 unspecified atom stereocenters. The van der Waals surface area contributed by atoms with Crippen LogP contribution in [0, 0.1) is 5.41 Å². The van der Waals surface area contributed by atoms with E-state index < -0.39 is 0 Å². The molecule has 0 aliphatic carbocycles. The summed E-state index contributed by atoms with van der Waals surface area (Å²) < 4.78 is 23.3. The van der Waals surface area contributed by atoms with Crippen LogP contribution in [0.15, 0.2) is 24.3 Å². The Morgan fingerprint density at radius 1 is 1.03 bits per heavy atom. The molecule has 0 atom stereocenters. The number of fused-ring (bicyclic) bond motifs is 2. The second kappa shape index (κ2) is 10.8. The lowest BCUT2D eigenvalue weighted by atomic mass is 9.84. The minimum atomic E-state index is -0.218. The summed E-state index contributed by atoms with van der Waals surface area (Å²) in [5.41, 5.74) is 4.08. The van der Waals surface area contributed by atoms with Gasteiger partial charge in [-0.25, -0.2) is 0 Å². The molecule has 9 heteroatoms. The van der Waals surface area contributed by atoms with E-state index >= 15 is 0 Å². The number of nitrogens with zero attached hydrogens (tertiary/aromatic N) is 2. The van der Waals surface area contributed by atoms with E-state index in [4.69, 9.17) is 24.4 Å². The highest BCUT2D eigenvalue weighted by Gasteiger charge is 2.31. The summed E-state index contributed by atoms with van der Waals surface area (Å²) in [7, 11) is 1.69. The minimum Gasteiger partial charge on any atom is -0.494 e. The maximum Gasteiger partial charge on any atom is 0.182 e. The molecule has 5 rings (SSSR count). The van der Waals surface area contributed by atoms with Crippen LogP contribution in [0.2, 0.25) is 0 Å². The zero-order chi connectivity index (χ0) is 26.9. The Balaban J connectivity index is 1.41. The summed E-state index contributed by atoms with van der Waals surface area (Å²) in [5, 5.41) is 12.1. The zero-order valence-electron chi connectivity index (χ0n) is 22.8. The van der Waals surface area contributed by atoms with Crippen LogP contribution in [-0.4, -0.2) is 82.8 Å². The van der Waals surface area contributed by atoms with Crippen molar-refractivity contribution in [1.82, 2.24) is 10.2 Å². The standard InChI is InChI=1S/C29H38N4O5/c1-29(2,3)22-13-19(14-23(27(22)35-4)32-7-11-36-12-8-32)24(34)18-33-17-20-15-25-26(16-21(20)28(33)30)38-10-6-31-5-9-37-25/h13-16,30-31H,5-12,17-18H2,1-4H3. The van der Waals surface area contributed by atoms with Crippen molar-refractivity contribution in [3.05, 3.63) is 46.5 Å². The number of anilines is 1. The molecule has 2 aromatic rings. The van der Waals surface area contributed by atoms with Gasteiger partial charge < -0.3 is 34.1 Å². The molecule has 9 nitrogen and oxygen atoms in total. The van der Waals surface area contributed by atoms with Crippen molar-refractivity contribution in [2.75, 3.05) is 71.2 Å². The Morgan fingerprint density at radius 2 is 1.71 bits per heavy atom. The number of hydrogen-bond acceptors (Lipinski definition) is 8. The predicted octanol–water partition coefficient (Wildman–Crippen LogP) is 3.21. The highest BCUT2D eigenvalue weighted by atomic mass is 16.5. The molecule has 0 aromatic heterocycles. The van der Waals surface area contributed by atoms with Gasteiger partial charge in [0.1, 0.15) is 24.8 Å². The quantitative estimate of drug-likeness (QED) is 0.578. The van der Waals surface area contributed by atoms with E-state index in [-0.39, 0.29) is 17.7 Å². The van der Waals surface area contributed by atoms with E-state index in [2.05, 4.69) is 31.0 Å². The molecule has 3 aliphatic rings. The lowest BCUT2D eigenvalue weighted by Gasteiger charge is -2.33. The van der Waals surface area contributed by atoms with Gasteiger partial charge in [-0.15, -0.1) is 0 Å². The fraction of sp³-hybridized carbons (Fsp3) is 0.517. The van der Waals surface area contributed by atoms with Crippen LogP contribution in [0.5, 0.6) is 17.2 Å². The first-order valence-corrected chi connectivity index (χ1v) is 13.3. The lowest BCUT2D eigenvalue weighted by Crippen LogP contribution is -2.37. The molecule has 38 heavy (non-hydrogen) atoms. The molecule has 3 heterocycles. The Morgan fingerprint density at radius 3 is 2.37 bits per heavy atom. The van der Waals surface area contributed by atoms with E-state index in [0.717, 1.165) is 54.3 Å². The monoisotopic (exact) mass is 522 g/mol. The van der Waals surface area contributed by atoms with E-state index in [1.54, 1.807) is 7.11 Å². The van der Waals surface area contributed by atoms with Gasteiger partial charge in [-0.2, -0.15) is 0 Å². The van der Waals surface area contributed by atoms with Gasteiger partial charge >= 0.3 is 0 Å². The SMILES string of the molecule is COc1c(N2CCOCC2)cc(C(=O)CN2Cc3cc4c(cc3C2=N)OCCNCCO4)cc1C(C)(C)C. The molecule has 2 N–H and O–H groups in total. The number of morpholine rings is 1. The predicted molar refractivity (Wildman–Crippen MR) is 147 cm³/mol. The van der Waals surface area contributed by atoms with E-state index in [1.807, 2.05) is 29.2 Å². The summed E-state index contributed by atoms with van der Waals surface area (Å²) in [4.78, 5) is 17.8. The van der Waals surface area contributed by atoms with Crippen LogP contribution in [0.3, 0.4) is 0 Å². The normalized spacial score (nSPS) is 17.9. The van der Waals surface area contributed by atoms with Crippen molar-refractivity contribution in [3.8, 4) is 17.2 Å². The molecular formula is C29H38N4O5. The number of hydrogen-bond donors (Lipinski definition) is 2. The van der Waals surface area contributed by atoms with Gasteiger partial charge in [0, 0.05) is 49.4 Å². The molecule has 204 valence electrons. The number of methoxy groups -OCH3 is 1. The highest BCUT2D eigenvalue weighted by Crippen LogP contribution is 2.41. The fourth-order valence-electron chi connectivity index (χ4n) is 5.21. The number of carbonyl (C=O) groups excluding carboxylic acids is 1. The molecule has 0 spiro atoms. The average Bonchev–Trinajstić information content (AvgIpc) is 3.26. The number of benzene rings is 2. The highest BCUT2D eigenvalue weighted by molar-refractivity contribution is 6.06.